The average Bonchev–Trinajstić information content (AvgIpc) is 3.12. The lowest BCUT2D eigenvalue weighted by atomic mass is 10.1. The summed E-state index contributed by atoms with van der Waals surface area (Å²) >= 11 is 0. The van der Waals surface area contributed by atoms with E-state index in [0.29, 0.717) is 5.92 Å². The van der Waals surface area contributed by atoms with Crippen LogP contribution in [0.15, 0.2) is 30.3 Å². The summed E-state index contributed by atoms with van der Waals surface area (Å²) in [5.41, 5.74) is 2.30. The Morgan fingerprint density at radius 1 is 1.19 bits per heavy atom. The average molecular weight is 210 g/mol. The number of hydrogen-bond donors (Lipinski definition) is 0. The summed E-state index contributed by atoms with van der Waals surface area (Å²) in [6, 6.07) is 8.29. The van der Waals surface area contributed by atoms with Gasteiger partial charge in [0.15, 0.2) is 5.82 Å². The molecule has 0 unspecified atom stereocenters. The lowest BCUT2D eigenvalue weighted by molar-refractivity contribution is 1.01. The maximum absolute atomic E-state index is 4.65. The van der Waals surface area contributed by atoms with E-state index in [2.05, 4.69) is 28.2 Å². The van der Waals surface area contributed by atoms with Gasteiger partial charge in [-0.05, 0) is 31.9 Å². The van der Waals surface area contributed by atoms with E-state index in [0.717, 1.165) is 11.3 Å². The number of allylic oxidation sites excluding steroid dienone is 1. The molecule has 2 nitrogen and oxygen atoms in total. The summed E-state index contributed by atoms with van der Waals surface area (Å²) in [5, 5.41) is 1.22. The van der Waals surface area contributed by atoms with Gasteiger partial charge in [0, 0.05) is 11.3 Å². The van der Waals surface area contributed by atoms with Crippen molar-refractivity contribution in [3.8, 4) is 0 Å². The summed E-state index contributed by atoms with van der Waals surface area (Å²) in [6.45, 7) is 2.00. The number of benzene rings is 1. The second-order valence-electron chi connectivity index (χ2n) is 4.26. The molecule has 16 heavy (non-hydrogen) atoms. The Morgan fingerprint density at radius 3 is 2.75 bits per heavy atom. The van der Waals surface area contributed by atoms with Gasteiger partial charge in [-0.1, -0.05) is 24.3 Å². The van der Waals surface area contributed by atoms with Crippen LogP contribution in [0.3, 0.4) is 0 Å². The first-order valence-corrected chi connectivity index (χ1v) is 5.78. The van der Waals surface area contributed by atoms with Gasteiger partial charge < -0.3 is 0 Å². The van der Waals surface area contributed by atoms with Gasteiger partial charge in [0.05, 0.1) is 11.2 Å². The molecule has 1 aromatic carbocycles. The van der Waals surface area contributed by atoms with Crippen LogP contribution in [0.1, 0.15) is 37.2 Å². The molecule has 2 aromatic rings. The van der Waals surface area contributed by atoms with Gasteiger partial charge in [-0.25, -0.2) is 9.97 Å². The second-order valence-corrected chi connectivity index (χ2v) is 4.26. The van der Waals surface area contributed by atoms with Crippen LogP contribution >= 0.6 is 0 Å². The highest BCUT2D eigenvalue weighted by molar-refractivity contribution is 5.82. The van der Waals surface area contributed by atoms with Crippen molar-refractivity contribution in [3.05, 3.63) is 41.9 Å². The fraction of sp³-hybridized carbons (Fsp3) is 0.286. The van der Waals surface area contributed by atoms with E-state index in [-0.39, 0.29) is 0 Å². The van der Waals surface area contributed by atoms with Crippen molar-refractivity contribution in [1.29, 1.82) is 0 Å². The second kappa shape index (κ2) is 3.71. The number of para-hydroxylation sites is 1. The van der Waals surface area contributed by atoms with Crippen LogP contribution in [0.4, 0.5) is 0 Å². The molecule has 1 saturated carbocycles. The number of fused-ring (bicyclic) bond motifs is 1. The zero-order chi connectivity index (χ0) is 11.0. The highest BCUT2D eigenvalue weighted by Gasteiger charge is 2.27. The lowest BCUT2D eigenvalue weighted by Gasteiger charge is -2.05. The van der Waals surface area contributed by atoms with Gasteiger partial charge in [0.2, 0.25) is 0 Å². The Morgan fingerprint density at radius 2 is 2.00 bits per heavy atom. The number of nitrogens with zero attached hydrogens (tertiary/aromatic N) is 2. The molecule has 0 radical (unpaired) electrons. The van der Waals surface area contributed by atoms with E-state index in [1.165, 1.54) is 23.9 Å². The summed E-state index contributed by atoms with van der Waals surface area (Å²) in [7, 11) is 0. The first kappa shape index (κ1) is 9.52. The molecule has 0 atom stereocenters. The van der Waals surface area contributed by atoms with Crippen molar-refractivity contribution in [2.75, 3.05) is 0 Å². The molecule has 80 valence electrons. The van der Waals surface area contributed by atoms with Crippen molar-refractivity contribution in [1.82, 2.24) is 9.97 Å². The Balaban J connectivity index is 2.26. The molecule has 0 bridgehead atoms. The van der Waals surface area contributed by atoms with Crippen molar-refractivity contribution in [2.24, 2.45) is 0 Å². The Bertz CT molecular complexity index is 554. The van der Waals surface area contributed by atoms with Crippen molar-refractivity contribution < 1.29 is 0 Å². The summed E-state index contributed by atoms with van der Waals surface area (Å²) < 4.78 is 0. The van der Waals surface area contributed by atoms with Crippen LogP contribution in [0.5, 0.6) is 0 Å². The van der Waals surface area contributed by atoms with Gasteiger partial charge in [0.25, 0.3) is 0 Å². The van der Waals surface area contributed by atoms with Gasteiger partial charge in [-0.2, -0.15) is 0 Å². The maximum atomic E-state index is 4.65. The Kier molecular flexibility index (Phi) is 2.21. The van der Waals surface area contributed by atoms with Crippen LogP contribution < -0.4 is 0 Å². The quantitative estimate of drug-likeness (QED) is 0.757. The van der Waals surface area contributed by atoms with Crippen LogP contribution in [-0.2, 0) is 0 Å². The molecule has 0 amide bonds. The molecule has 0 N–H and O–H groups in total. The summed E-state index contributed by atoms with van der Waals surface area (Å²) in [4.78, 5) is 9.19. The van der Waals surface area contributed by atoms with Crippen molar-refractivity contribution in [3.63, 3.8) is 0 Å². The molecule has 0 spiro atoms. The van der Waals surface area contributed by atoms with Crippen LogP contribution in [0.2, 0.25) is 0 Å². The number of hydrogen-bond acceptors (Lipinski definition) is 2. The minimum atomic E-state index is 0.664. The third-order valence-electron chi connectivity index (χ3n) is 2.93. The topological polar surface area (TPSA) is 25.8 Å². The lowest BCUT2D eigenvalue weighted by Crippen LogP contribution is -1.96. The molecule has 0 saturated heterocycles. The van der Waals surface area contributed by atoms with Crippen molar-refractivity contribution >= 4 is 17.0 Å². The number of rotatable bonds is 2. The van der Waals surface area contributed by atoms with Crippen LogP contribution in [0.25, 0.3) is 17.0 Å². The third kappa shape index (κ3) is 1.60. The molecule has 0 aliphatic heterocycles. The molecule has 1 fully saturated rings. The zero-order valence-electron chi connectivity index (χ0n) is 9.35. The minimum Gasteiger partial charge on any atom is -0.233 e. The van der Waals surface area contributed by atoms with E-state index in [1.54, 1.807) is 0 Å². The summed E-state index contributed by atoms with van der Waals surface area (Å²) in [5.74, 6) is 1.50. The van der Waals surface area contributed by atoms with Crippen LogP contribution in [0, 0.1) is 0 Å². The third-order valence-corrected chi connectivity index (χ3v) is 2.93. The van der Waals surface area contributed by atoms with Gasteiger partial charge in [0.1, 0.15) is 0 Å². The fourth-order valence-electron chi connectivity index (χ4n) is 2.01. The Hall–Kier alpha value is -1.70. The predicted molar refractivity (Wildman–Crippen MR) is 66.2 cm³/mol. The standard InChI is InChI=1S/C14H14N2/c1-2-5-13-15-12-7-4-3-6-11(12)14(16-13)10-8-9-10/h2-7,10H,8-9H2,1H3/b5-2+. The largest absolute Gasteiger partial charge is 0.233 e. The highest BCUT2D eigenvalue weighted by Crippen LogP contribution is 2.41. The van der Waals surface area contributed by atoms with Crippen molar-refractivity contribution in [2.45, 2.75) is 25.7 Å². The minimum absolute atomic E-state index is 0.664. The summed E-state index contributed by atoms with van der Waals surface area (Å²) in [6.07, 6.45) is 6.51. The van der Waals surface area contributed by atoms with Gasteiger partial charge in [-0.3, -0.25) is 0 Å². The Labute approximate surface area is 95.0 Å². The van der Waals surface area contributed by atoms with Crippen LogP contribution in [-0.4, -0.2) is 9.97 Å². The molecular weight excluding hydrogens is 196 g/mol. The molecule has 1 heterocycles. The predicted octanol–water partition coefficient (Wildman–Crippen LogP) is 3.54. The first-order chi connectivity index (χ1) is 7.88. The smallest absolute Gasteiger partial charge is 0.152 e. The highest BCUT2D eigenvalue weighted by atomic mass is 14.9. The van der Waals surface area contributed by atoms with E-state index >= 15 is 0 Å². The molecule has 2 heteroatoms. The SMILES string of the molecule is C/C=C/c1nc(C2CC2)c2ccccc2n1. The maximum Gasteiger partial charge on any atom is 0.152 e. The monoisotopic (exact) mass is 210 g/mol. The molecular formula is C14H14N2. The zero-order valence-corrected chi connectivity index (χ0v) is 9.35. The molecule has 1 aliphatic rings. The fourth-order valence-corrected chi connectivity index (χ4v) is 2.01. The van der Waals surface area contributed by atoms with E-state index in [1.807, 2.05) is 25.1 Å². The van der Waals surface area contributed by atoms with Gasteiger partial charge in [-0.15, -0.1) is 0 Å². The molecule has 1 aromatic heterocycles. The van der Waals surface area contributed by atoms with Gasteiger partial charge >= 0.3 is 0 Å². The number of aromatic nitrogens is 2. The van der Waals surface area contributed by atoms with E-state index in [4.69, 9.17) is 0 Å². The normalized spacial score (nSPS) is 16.1. The van der Waals surface area contributed by atoms with E-state index < -0.39 is 0 Å². The first-order valence-electron chi connectivity index (χ1n) is 5.78. The molecule has 3 rings (SSSR count). The molecule has 1 aliphatic carbocycles. The van der Waals surface area contributed by atoms with E-state index in [9.17, 15) is 0 Å².